The second kappa shape index (κ2) is 7.76. The highest BCUT2D eigenvalue weighted by Gasteiger charge is 2.13. The van der Waals surface area contributed by atoms with Crippen molar-refractivity contribution in [1.29, 1.82) is 0 Å². The molecule has 124 valence electrons. The van der Waals surface area contributed by atoms with Gasteiger partial charge in [-0.25, -0.2) is 4.68 Å². The SMILES string of the molecule is CCCN(CCC)C(=O)CCn1[nH]c(=O)c2ccccc2c1=O. The van der Waals surface area contributed by atoms with Crippen LogP contribution in [0.3, 0.4) is 0 Å². The fourth-order valence-corrected chi connectivity index (χ4v) is 2.67. The third kappa shape index (κ3) is 3.88. The Hall–Kier alpha value is -2.37. The van der Waals surface area contributed by atoms with Gasteiger partial charge in [-0.1, -0.05) is 26.0 Å². The highest BCUT2D eigenvalue weighted by atomic mass is 16.2. The number of nitrogens with one attached hydrogen (secondary N) is 1. The molecule has 1 N–H and O–H groups in total. The van der Waals surface area contributed by atoms with Crippen molar-refractivity contribution in [2.45, 2.75) is 39.7 Å². The normalized spacial score (nSPS) is 10.9. The van der Waals surface area contributed by atoms with Gasteiger partial charge in [0, 0.05) is 19.5 Å². The smallest absolute Gasteiger partial charge is 0.273 e. The molecule has 1 aromatic carbocycles. The number of aryl methyl sites for hydroxylation is 1. The average Bonchev–Trinajstić information content (AvgIpc) is 2.56. The molecule has 0 radical (unpaired) electrons. The molecule has 0 unspecified atom stereocenters. The molecule has 6 heteroatoms. The van der Waals surface area contributed by atoms with Crippen LogP contribution in [0, 0.1) is 0 Å². The number of hydrogen-bond donors (Lipinski definition) is 1. The summed E-state index contributed by atoms with van der Waals surface area (Å²) in [6.45, 7) is 5.68. The van der Waals surface area contributed by atoms with Gasteiger partial charge in [-0.15, -0.1) is 0 Å². The van der Waals surface area contributed by atoms with Gasteiger partial charge in [-0.3, -0.25) is 19.5 Å². The van der Waals surface area contributed by atoms with Gasteiger partial charge < -0.3 is 4.90 Å². The summed E-state index contributed by atoms with van der Waals surface area (Å²) in [5, 5.41) is 3.31. The van der Waals surface area contributed by atoms with E-state index < -0.39 is 0 Å². The minimum absolute atomic E-state index is 0.00890. The van der Waals surface area contributed by atoms with Gasteiger partial charge in [0.25, 0.3) is 11.1 Å². The zero-order valence-corrected chi connectivity index (χ0v) is 13.7. The number of aromatic amines is 1. The molecular weight excluding hydrogens is 294 g/mol. The predicted octanol–water partition coefficient (Wildman–Crippen LogP) is 1.73. The van der Waals surface area contributed by atoms with E-state index in [9.17, 15) is 14.4 Å². The van der Waals surface area contributed by atoms with E-state index in [1.54, 1.807) is 24.3 Å². The number of carbonyl (C=O) groups is 1. The number of carbonyl (C=O) groups excluding carboxylic acids is 1. The monoisotopic (exact) mass is 317 g/mol. The third-order valence-corrected chi connectivity index (χ3v) is 3.77. The number of rotatable bonds is 7. The Morgan fingerprint density at radius 3 is 2.30 bits per heavy atom. The molecule has 0 saturated heterocycles. The van der Waals surface area contributed by atoms with Crippen molar-refractivity contribution in [3.05, 3.63) is 45.0 Å². The van der Waals surface area contributed by atoms with Gasteiger partial charge in [0.1, 0.15) is 0 Å². The average molecular weight is 317 g/mol. The first-order valence-electron chi connectivity index (χ1n) is 8.08. The lowest BCUT2D eigenvalue weighted by Crippen LogP contribution is -2.35. The van der Waals surface area contributed by atoms with Crippen LogP contribution in [-0.2, 0) is 11.3 Å². The number of aromatic nitrogens is 2. The molecule has 1 heterocycles. The van der Waals surface area contributed by atoms with E-state index in [1.807, 2.05) is 18.7 Å². The summed E-state index contributed by atoms with van der Waals surface area (Å²) in [4.78, 5) is 38.5. The summed E-state index contributed by atoms with van der Waals surface area (Å²) < 4.78 is 1.23. The van der Waals surface area contributed by atoms with Crippen LogP contribution in [0.2, 0.25) is 0 Å². The van der Waals surface area contributed by atoms with Crippen LogP contribution in [0.1, 0.15) is 33.1 Å². The molecule has 0 fully saturated rings. The summed E-state index contributed by atoms with van der Waals surface area (Å²) in [5.74, 6) is 0.00890. The first kappa shape index (κ1) is 17.0. The Balaban J connectivity index is 2.19. The molecule has 0 spiro atoms. The molecule has 2 rings (SSSR count). The van der Waals surface area contributed by atoms with Gasteiger partial charge in [0.15, 0.2) is 0 Å². The molecular formula is C17H23N3O3. The third-order valence-electron chi connectivity index (χ3n) is 3.77. The predicted molar refractivity (Wildman–Crippen MR) is 90.6 cm³/mol. The van der Waals surface area contributed by atoms with Crippen LogP contribution < -0.4 is 11.1 Å². The first-order valence-corrected chi connectivity index (χ1v) is 8.08. The van der Waals surface area contributed by atoms with Crippen molar-refractivity contribution in [2.75, 3.05) is 13.1 Å². The summed E-state index contributed by atoms with van der Waals surface area (Å²) in [7, 11) is 0. The Morgan fingerprint density at radius 1 is 1.09 bits per heavy atom. The molecule has 0 aliphatic rings. The van der Waals surface area contributed by atoms with Crippen molar-refractivity contribution >= 4 is 16.7 Å². The van der Waals surface area contributed by atoms with Gasteiger partial charge >= 0.3 is 0 Å². The Bertz CT molecular complexity index is 786. The molecule has 0 atom stereocenters. The number of nitrogens with zero attached hydrogens (tertiary/aromatic N) is 2. The minimum Gasteiger partial charge on any atom is -0.343 e. The van der Waals surface area contributed by atoms with E-state index in [0.717, 1.165) is 25.9 Å². The number of fused-ring (bicyclic) bond motifs is 1. The zero-order valence-electron chi connectivity index (χ0n) is 13.7. The topological polar surface area (TPSA) is 75.2 Å². The van der Waals surface area contributed by atoms with E-state index in [1.165, 1.54) is 4.68 Å². The molecule has 0 aliphatic heterocycles. The van der Waals surface area contributed by atoms with Crippen molar-refractivity contribution in [2.24, 2.45) is 0 Å². The molecule has 2 aromatic rings. The van der Waals surface area contributed by atoms with Gasteiger partial charge in [-0.2, -0.15) is 0 Å². The lowest BCUT2D eigenvalue weighted by atomic mass is 10.2. The van der Waals surface area contributed by atoms with Crippen LogP contribution in [0.25, 0.3) is 10.8 Å². The minimum atomic E-state index is -0.313. The van der Waals surface area contributed by atoms with E-state index in [4.69, 9.17) is 0 Å². The van der Waals surface area contributed by atoms with Crippen molar-refractivity contribution in [1.82, 2.24) is 14.7 Å². The maximum absolute atomic E-state index is 12.4. The Labute approximate surface area is 134 Å². The van der Waals surface area contributed by atoms with Crippen LogP contribution >= 0.6 is 0 Å². The molecule has 6 nitrogen and oxygen atoms in total. The summed E-state index contributed by atoms with van der Waals surface area (Å²) in [6, 6.07) is 6.70. The van der Waals surface area contributed by atoms with Crippen LogP contribution in [0.4, 0.5) is 0 Å². The van der Waals surface area contributed by atoms with E-state index in [2.05, 4.69) is 5.10 Å². The lowest BCUT2D eigenvalue weighted by molar-refractivity contribution is -0.131. The number of hydrogen-bond acceptors (Lipinski definition) is 3. The van der Waals surface area contributed by atoms with Crippen molar-refractivity contribution in [3.8, 4) is 0 Å². The maximum atomic E-state index is 12.4. The van der Waals surface area contributed by atoms with E-state index in [0.29, 0.717) is 10.8 Å². The summed E-state index contributed by atoms with van der Waals surface area (Å²) in [6.07, 6.45) is 2.01. The van der Waals surface area contributed by atoms with E-state index >= 15 is 0 Å². The Morgan fingerprint density at radius 2 is 1.70 bits per heavy atom. The number of benzene rings is 1. The van der Waals surface area contributed by atoms with Gasteiger partial charge in [0.05, 0.1) is 17.3 Å². The summed E-state index contributed by atoms with van der Waals surface area (Å²) >= 11 is 0. The molecule has 1 aromatic heterocycles. The van der Waals surface area contributed by atoms with Crippen LogP contribution in [-0.4, -0.2) is 33.7 Å². The quantitative estimate of drug-likeness (QED) is 0.845. The molecule has 0 saturated carbocycles. The lowest BCUT2D eigenvalue weighted by Gasteiger charge is -2.21. The number of H-pyrrole nitrogens is 1. The van der Waals surface area contributed by atoms with E-state index in [-0.39, 0.29) is 30.0 Å². The highest BCUT2D eigenvalue weighted by molar-refractivity contribution is 5.80. The van der Waals surface area contributed by atoms with Crippen LogP contribution in [0.5, 0.6) is 0 Å². The van der Waals surface area contributed by atoms with Crippen LogP contribution in [0.15, 0.2) is 33.9 Å². The summed E-state index contributed by atoms with van der Waals surface area (Å²) in [5.41, 5.74) is -0.586. The highest BCUT2D eigenvalue weighted by Crippen LogP contribution is 2.03. The standard InChI is InChI=1S/C17H23N3O3/c1-3-10-19(11-4-2)15(21)9-12-20-17(23)14-8-6-5-7-13(14)16(22)18-20/h5-8H,3-4,9-12H2,1-2H3,(H,18,22). The largest absolute Gasteiger partial charge is 0.343 e. The second-order valence-corrected chi connectivity index (χ2v) is 5.57. The zero-order chi connectivity index (χ0) is 16.8. The molecule has 1 amide bonds. The van der Waals surface area contributed by atoms with Crippen molar-refractivity contribution < 1.29 is 4.79 Å². The maximum Gasteiger partial charge on any atom is 0.273 e. The van der Waals surface area contributed by atoms with Crippen molar-refractivity contribution in [3.63, 3.8) is 0 Å². The molecule has 0 aliphatic carbocycles. The Kier molecular flexibility index (Phi) is 5.73. The van der Waals surface area contributed by atoms with Gasteiger partial charge in [0.2, 0.25) is 5.91 Å². The molecule has 0 bridgehead atoms. The second-order valence-electron chi connectivity index (χ2n) is 5.57. The fraction of sp³-hybridized carbons (Fsp3) is 0.471. The fourth-order valence-electron chi connectivity index (χ4n) is 2.67. The first-order chi connectivity index (χ1) is 11.1. The number of amides is 1. The molecule has 23 heavy (non-hydrogen) atoms. The van der Waals surface area contributed by atoms with Gasteiger partial charge in [-0.05, 0) is 25.0 Å².